The number of methoxy groups -OCH3 is 1. The second-order valence-electron chi connectivity index (χ2n) is 9.27. The maximum atomic E-state index is 14.1. The van der Waals surface area contributed by atoms with Crippen molar-refractivity contribution in [2.24, 2.45) is 0 Å². The van der Waals surface area contributed by atoms with E-state index >= 15 is 0 Å². The van der Waals surface area contributed by atoms with Crippen molar-refractivity contribution in [1.29, 1.82) is 0 Å². The molecule has 2 atom stereocenters. The number of amides is 1. The second-order valence-corrected chi connectivity index (χ2v) is 9.27. The first-order chi connectivity index (χ1) is 16.5. The molecule has 2 aliphatic rings. The molecule has 0 spiro atoms. The lowest BCUT2D eigenvalue weighted by Gasteiger charge is -2.40. The third-order valence-corrected chi connectivity index (χ3v) is 6.91. The van der Waals surface area contributed by atoms with Crippen LogP contribution in [0.25, 0.3) is 0 Å². The Morgan fingerprint density at radius 2 is 1.91 bits per heavy atom. The van der Waals surface area contributed by atoms with Gasteiger partial charge in [0.15, 0.2) is 0 Å². The van der Waals surface area contributed by atoms with Crippen LogP contribution in [0.1, 0.15) is 17.5 Å². The molecule has 0 bridgehead atoms. The van der Waals surface area contributed by atoms with Crippen molar-refractivity contribution in [3.63, 3.8) is 0 Å². The smallest absolute Gasteiger partial charge is 0.243 e. The topological polar surface area (TPSA) is 56.8 Å². The van der Waals surface area contributed by atoms with Gasteiger partial charge in [0.05, 0.1) is 6.61 Å². The van der Waals surface area contributed by atoms with Crippen molar-refractivity contribution in [1.82, 2.24) is 20.4 Å². The number of piperazine rings is 1. The maximum Gasteiger partial charge on any atom is 0.243 e. The van der Waals surface area contributed by atoms with Crippen LogP contribution in [0.15, 0.2) is 48.5 Å². The highest BCUT2D eigenvalue weighted by Gasteiger charge is 2.47. The van der Waals surface area contributed by atoms with E-state index in [0.29, 0.717) is 44.6 Å². The van der Waals surface area contributed by atoms with E-state index < -0.39 is 17.2 Å². The minimum Gasteiger partial charge on any atom is -0.383 e. The van der Waals surface area contributed by atoms with Gasteiger partial charge < -0.3 is 20.3 Å². The molecule has 2 fully saturated rings. The van der Waals surface area contributed by atoms with Crippen LogP contribution in [0.5, 0.6) is 0 Å². The number of carbonyl (C=O) groups excluding carboxylic acids is 1. The summed E-state index contributed by atoms with van der Waals surface area (Å²) in [6.45, 7) is 5.51. The molecular formula is C26H34F2N4O2. The highest BCUT2D eigenvalue weighted by molar-refractivity contribution is 5.87. The van der Waals surface area contributed by atoms with Gasteiger partial charge in [0.2, 0.25) is 5.91 Å². The molecule has 2 aliphatic heterocycles. The van der Waals surface area contributed by atoms with E-state index in [1.54, 1.807) is 7.11 Å². The summed E-state index contributed by atoms with van der Waals surface area (Å²) in [5.41, 5.74) is 0.808. The number of rotatable bonds is 9. The lowest BCUT2D eigenvalue weighted by Crippen LogP contribution is -2.60. The number of ether oxygens (including phenoxy) is 1. The maximum absolute atomic E-state index is 14.1. The quantitative estimate of drug-likeness (QED) is 0.586. The molecule has 8 heteroatoms. The summed E-state index contributed by atoms with van der Waals surface area (Å²) >= 11 is 0. The molecule has 2 heterocycles. The van der Waals surface area contributed by atoms with Crippen molar-refractivity contribution in [2.45, 2.75) is 31.0 Å². The van der Waals surface area contributed by atoms with E-state index in [1.165, 1.54) is 12.1 Å². The molecule has 34 heavy (non-hydrogen) atoms. The molecule has 0 unspecified atom stereocenters. The van der Waals surface area contributed by atoms with Gasteiger partial charge in [-0.05, 0) is 24.5 Å². The molecule has 0 aromatic heterocycles. The lowest BCUT2D eigenvalue weighted by atomic mass is 9.86. The number of carbonyl (C=O) groups is 1. The molecule has 2 aromatic rings. The molecule has 2 saturated heterocycles. The van der Waals surface area contributed by atoms with Crippen molar-refractivity contribution in [3.8, 4) is 0 Å². The average Bonchev–Trinajstić information content (AvgIpc) is 3.26. The van der Waals surface area contributed by atoms with E-state index in [9.17, 15) is 13.6 Å². The fraction of sp³-hybridized carbons (Fsp3) is 0.500. The normalized spacial score (nSPS) is 23.4. The first-order valence-electron chi connectivity index (χ1n) is 12.0. The second kappa shape index (κ2) is 11.4. The number of benzene rings is 2. The molecule has 2 aromatic carbocycles. The summed E-state index contributed by atoms with van der Waals surface area (Å²) in [5, 5.41) is 6.90. The first-order valence-corrected chi connectivity index (χ1v) is 12.0. The molecule has 0 radical (unpaired) electrons. The Kier molecular flexibility index (Phi) is 8.26. The fourth-order valence-corrected chi connectivity index (χ4v) is 4.96. The monoisotopic (exact) mass is 472 g/mol. The van der Waals surface area contributed by atoms with Crippen LogP contribution in [-0.2, 0) is 22.5 Å². The third-order valence-electron chi connectivity index (χ3n) is 6.91. The van der Waals surface area contributed by atoms with Crippen molar-refractivity contribution in [2.75, 3.05) is 53.0 Å². The van der Waals surface area contributed by atoms with Crippen molar-refractivity contribution < 1.29 is 18.3 Å². The summed E-state index contributed by atoms with van der Waals surface area (Å²) in [6, 6.07) is 13.7. The van der Waals surface area contributed by atoms with Gasteiger partial charge in [-0.2, -0.15) is 0 Å². The van der Waals surface area contributed by atoms with Crippen molar-refractivity contribution >= 4 is 5.91 Å². The summed E-state index contributed by atoms with van der Waals surface area (Å²) in [6.07, 6.45) is 1.20. The number of hydrogen-bond donors (Lipinski definition) is 2. The van der Waals surface area contributed by atoms with E-state index in [0.717, 1.165) is 31.3 Å². The van der Waals surface area contributed by atoms with E-state index in [-0.39, 0.29) is 18.5 Å². The minimum absolute atomic E-state index is 0.0000994. The van der Waals surface area contributed by atoms with Crippen LogP contribution in [0.3, 0.4) is 0 Å². The Hall–Kier alpha value is -2.39. The Morgan fingerprint density at radius 1 is 1.15 bits per heavy atom. The van der Waals surface area contributed by atoms with Crippen LogP contribution in [-0.4, -0.2) is 80.3 Å². The molecule has 0 aliphatic carbocycles. The zero-order valence-corrected chi connectivity index (χ0v) is 19.7. The highest BCUT2D eigenvalue weighted by Crippen LogP contribution is 2.28. The fourth-order valence-electron chi connectivity index (χ4n) is 4.96. The molecule has 1 amide bonds. The largest absolute Gasteiger partial charge is 0.383 e. The van der Waals surface area contributed by atoms with Gasteiger partial charge in [-0.25, -0.2) is 8.78 Å². The summed E-state index contributed by atoms with van der Waals surface area (Å²) in [5.74, 6) is -1.02. The van der Waals surface area contributed by atoms with Gasteiger partial charge >= 0.3 is 0 Å². The molecular weight excluding hydrogens is 438 g/mol. The standard InChI is InChI=1S/C26H34F2N4O2/c1-34-14-13-31-9-11-32(12-10-31)25(33)26(16-20-5-3-2-4-6-20)17-23(19-30-26)29-18-21-7-8-22(27)15-24(21)28/h2-8,15,23,29-30H,9-14,16-19H2,1H3/t23-,26-/m0/s1. The Labute approximate surface area is 200 Å². The van der Waals surface area contributed by atoms with E-state index in [2.05, 4.69) is 15.5 Å². The van der Waals surface area contributed by atoms with Crippen LogP contribution in [0, 0.1) is 11.6 Å². The Balaban J connectivity index is 1.43. The minimum atomic E-state index is -0.713. The molecule has 184 valence electrons. The molecule has 4 rings (SSSR count). The van der Waals surface area contributed by atoms with Crippen LogP contribution < -0.4 is 10.6 Å². The molecule has 2 N–H and O–H groups in total. The number of halogens is 2. The summed E-state index contributed by atoms with van der Waals surface area (Å²) in [7, 11) is 1.70. The van der Waals surface area contributed by atoms with E-state index in [4.69, 9.17) is 4.74 Å². The average molecular weight is 473 g/mol. The van der Waals surface area contributed by atoms with Crippen LogP contribution in [0.4, 0.5) is 8.78 Å². The first kappa shape index (κ1) is 24.7. The van der Waals surface area contributed by atoms with Crippen LogP contribution in [0.2, 0.25) is 0 Å². The molecule has 0 saturated carbocycles. The zero-order chi connectivity index (χ0) is 24.0. The summed E-state index contributed by atoms with van der Waals surface area (Å²) < 4.78 is 32.5. The van der Waals surface area contributed by atoms with Gasteiger partial charge in [-0.15, -0.1) is 0 Å². The van der Waals surface area contributed by atoms with E-state index in [1.807, 2.05) is 35.2 Å². The molecule has 6 nitrogen and oxygen atoms in total. The number of hydrogen-bond acceptors (Lipinski definition) is 5. The van der Waals surface area contributed by atoms with Gasteiger partial charge in [-0.3, -0.25) is 9.69 Å². The lowest BCUT2D eigenvalue weighted by molar-refractivity contribution is -0.139. The zero-order valence-electron chi connectivity index (χ0n) is 19.7. The summed E-state index contributed by atoms with van der Waals surface area (Å²) in [4.78, 5) is 18.1. The Bertz CT molecular complexity index is 953. The van der Waals surface area contributed by atoms with Crippen LogP contribution >= 0.6 is 0 Å². The van der Waals surface area contributed by atoms with Gasteiger partial charge in [0.1, 0.15) is 17.2 Å². The Morgan fingerprint density at radius 3 is 2.62 bits per heavy atom. The third kappa shape index (κ3) is 5.99. The van der Waals surface area contributed by atoms with Gasteiger partial charge in [0.25, 0.3) is 0 Å². The van der Waals surface area contributed by atoms with Crippen molar-refractivity contribution in [3.05, 3.63) is 71.3 Å². The van der Waals surface area contributed by atoms with Gasteiger partial charge in [-0.1, -0.05) is 36.4 Å². The highest BCUT2D eigenvalue weighted by atomic mass is 19.1. The number of nitrogens with zero attached hydrogens (tertiary/aromatic N) is 2. The SMILES string of the molecule is COCCN1CCN(C(=O)[C@]2(Cc3ccccc3)C[C@H](NCc3ccc(F)cc3F)CN2)CC1. The predicted octanol–water partition coefficient (Wildman–Crippen LogP) is 2.19. The van der Waals surface area contributed by atoms with Gasteiger partial charge in [0, 0.05) is 70.6 Å². The number of nitrogens with one attached hydrogen (secondary N) is 2. The predicted molar refractivity (Wildman–Crippen MR) is 127 cm³/mol.